The van der Waals surface area contributed by atoms with Crippen LogP contribution in [0.25, 0.3) is 0 Å². The first kappa shape index (κ1) is 10.4. The van der Waals surface area contributed by atoms with Gasteiger partial charge in [0.1, 0.15) is 0 Å². The molecule has 0 aromatic rings. The lowest BCUT2D eigenvalue weighted by Gasteiger charge is -2.21. The van der Waals surface area contributed by atoms with Crippen molar-refractivity contribution >= 4 is 0 Å². The Kier molecular flexibility index (Phi) is 3.79. The van der Waals surface area contributed by atoms with E-state index in [1.807, 2.05) is 0 Å². The third-order valence-electron chi connectivity index (χ3n) is 3.06. The summed E-state index contributed by atoms with van der Waals surface area (Å²) in [5, 5.41) is 3.56. The predicted molar refractivity (Wildman–Crippen MR) is 57.5 cm³/mol. The van der Waals surface area contributed by atoms with Crippen molar-refractivity contribution in [3.63, 3.8) is 0 Å². The Labute approximate surface area is 86.8 Å². The van der Waals surface area contributed by atoms with Gasteiger partial charge in [0.2, 0.25) is 0 Å². The smallest absolute Gasteiger partial charge is 0.0589 e. The minimum absolute atomic E-state index is 0.846. The van der Waals surface area contributed by atoms with Crippen LogP contribution in [0.4, 0.5) is 0 Å². The first-order valence-corrected chi connectivity index (χ1v) is 5.86. The van der Waals surface area contributed by atoms with Gasteiger partial charge >= 0.3 is 0 Å². The molecule has 0 atom stereocenters. The summed E-state index contributed by atoms with van der Waals surface area (Å²) < 4.78 is 5.13. The quantitative estimate of drug-likeness (QED) is 0.626. The van der Waals surface area contributed by atoms with Gasteiger partial charge in [0, 0.05) is 38.8 Å². The van der Waals surface area contributed by atoms with Crippen LogP contribution in [0.5, 0.6) is 0 Å². The molecule has 0 aromatic carbocycles. The van der Waals surface area contributed by atoms with Crippen molar-refractivity contribution in [1.82, 2.24) is 10.2 Å². The van der Waals surface area contributed by atoms with Crippen LogP contribution in [0.2, 0.25) is 0 Å². The fourth-order valence-electron chi connectivity index (χ4n) is 1.82. The highest BCUT2D eigenvalue weighted by molar-refractivity contribution is 4.86. The molecule has 3 nitrogen and oxygen atoms in total. The average Bonchev–Trinajstić information content (AvgIpc) is 3.02. The standard InChI is InChI=1S/C11H22N2O/c1-14-9-8-13(11-4-5-11)7-6-12-10-2-3-10/h10-12H,2-9H2,1H3. The number of hydrogen-bond acceptors (Lipinski definition) is 3. The fourth-order valence-corrected chi connectivity index (χ4v) is 1.82. The lowest BCUT2D eigenvalue weighted by Crippen LogP contribution is -2.36. The summed E-state index contributed by atoms with van der Waals surface area (Å²) in [5.74, 6) is 0. The van der Waals surface area contributed by atoms with E-state index in [-0.39, 0.29) is 0 Å². The number of nitrogens with zero attached hydrogens (tertiary/aromatic N) is 1. The molecule has 82 valence electrons. The lowest BCUT2D eigenvalue weighted by molar-refractivity contribution is 0.144. The molecular formula is C11H22N2O. The van der Waals surface area contributed by atoms with Crippen molar-refractivity contribution in [3.8, 4) is 0 Å². The summed E-state index contributed by atoms with van der Waals surface area (Å²) in [7, 11) is 1.79. The third-order valence-corrected chi connectivity index (χ3v) is 3.06. The van der Waals surface area contributed by atoms with Crippen LogP contribution >= 0.6 is 0 Å². The number of hydrogen-bond donors (Lipinski definition) is 1. The van der Waals surface area contributed by atoms with E-state index in [1.165, 1.54) is 32.2 Å². The SMILES string of the molecule is COCCN(CCNC1CC1)C1CC1. The molecule has 0 aromatic heterocycles. The molecule has 14 heavy (non-hydrogen) atoms. The Morgan fingerprint density at radius 3 is 2.57 bits per heavy atom. The summed E-state index contributed by atoms with van der Waals surface area (Å²) >= 11 is 0. The van der Waals surface area contributed by atoms with Gasteiger partial charge in [-0.1, -0.05) is 0 Å². The van der Waals surface area contributed by atoms with Crippen LogP contribution in [0.1, 0.15) is 25.7 Å². The zero-order valence-electron chi connectivity index (χ0n) is 9.17. The van der Waals surface area contributed by atoms with Crippen LogP contribution < -0.4 is 5.32 Å². The summed E-state index contributed by atoms with van der Waals surface area (Å²) in [5.41, 5.74) is 0. The monoisotopic (exact) mass is 198 g/mol. The first-order chi connectivity index (χ1) is 6.90. The van der Waals surface area contributed by atoms with Crippen LogP contribution in [0.3, 0.4) is 0 Å². The second-order valence-electron chi connectivity index (χ2n) is 4.49. The van der Waals surface area contributed by atoms with Crippen molar-refractivity contribution in [2.24, 2.45) is 0 Å². The van der Waals surface area contributed by atoms with Crippen LogP contribution in [0.15, 0.2) is 0 Å². The molecule has 2 saturated carbocycles. The van der Waals surface area contributed by atoms with Gasteiger partial charge in [0.15, 0.2) is 0 Å². The van der Waals surface area contributed by atoms with Crippen molar-refractivity contribution < 1.29 is 4.74 Å². The Morgan fingerprint density at radius 2 is 2.00 bits per heavy atom. The maximum absolute atomic E-state index is 5.13. The molecule has 0 aliphatic heterocycles. The van der Waals surface area contributed by atoms with Crippen molar-refractivity contribution in [2.45, 2.75) is 37.8 Å². The van der Waals surface area contributed by atoms with Gasteiger partial charge in [-0.3, -0.25) is 4.90 Å². The topological polar surface area (TPSA) is 24.5 Å². The second kappa shape index (κ2) is 5.10. The van der Waals surface area contributed by atoms with Gasteiger partial charge in [-0.15, -0.1) is 0 Å². The van der Waals surface area contributed by atoms with Crippen LogP contribution in [-0.2, 0) is 4.74 Å². The van der Waals surface area contributed by atoms with E-state index in [2.05, 4.69) is 10.2 Å². The van der Waals surface area contributed by atoms with Crippen molar-refractivity contribution in [2.75, 3.05) is 33.4 Å². The minimum atomic E-state index is 0.846. The Bertz CT molecular complexity index is 167. The molecule has 2 aliphatic rings. The van der Waals surface area contributed by atoms with E-state index >= 15 is 0 Å². The normalized spacial score (nSPS) is 21.9. The molecule has 2 aliphatic carbocycles. The fraction of sp³-hybridized carbons (Fsp3) is 1.00. The molecule has 3 heteroatoms. The molecule has 0 bridgehead atoms. The molecule has 1 N–H and O–H groups in total. The maximum atomic E-state index is 5.13. The van der Waals surface area contributed by atoms with E-state index in [0.717, 1.165) is 31.8 Å². The number of ether oxygens (including phenoxy) is 1. The molecule has 0 unspecified atom stereocenters. The number of methoxy groups -OCH3 is 1. The second-order valence-corrected chi connectivity index (χ2v) is 4.49. The average molecular weight is 198 g/mol. The Balaban J connectivity index is 1.56. The largest absolute Gasteiger partial charge is 0.383 e. The molecule has 2 rings (SSSR count). The summed E-state index contributed by atoms with van der Waals surface area (Å²) in [6.07, 6.45) is 5.57. The van der Waals surface area contributed by atoms with E-state index < -0.39 is 0 Å². The zero-order valence-corrected chi connectivity index (χ0v) is 9.17. The summed E-state index contributed by atoms with van der Waals surface area (Å²) in [6.45, 7) is 4.34. The van der Waals surface area contributed by atoms with Gasteiger partial charge in [0.25, 0.3) is 0 Å². The predicted octanol–water partition coefficient (Wildman–Crippen LogP) is 0.849. The van der Waals surface area contributed by atoms with E-state index in [9.17, 15) is 0 Å². The van der Waals surface area contributed by atoms with E-state index in [0.29, 0.717) is 0 Å². The summed E-state index contributed by atoms with van der Waals surface area (Å²) in [6, 6.07) is 1.71. The van der Waals surface area contributed by atoms with Crippen molar-refractivity contribution in [3.05, 3.63) is 0 Å². The molecular weight excluding hydrogens is 176 g/mol. The number of rotatable bonds is 8. The molecule has 0 spiro atoms. The molecule has 0 amide bonds. The van der Waals surface area contributed by atoms with E-state index in [4.69, 9.17) is 4.74 Å². The lowest BCUT2D eigenvalue weighted by atomic mass is 10.4. The highest BCUT2D eigenvalue weighted by Gasteiger charge is 2.28. The highest BCUT2D eigenvalue weighted by atomic mass is 16.5. The van der Waals surface area contributed by atoms with Gasteiger partial charge in [-0.05, 0) is 25.7 Å². The maximum Gasteiger partial charge on any atom is 0.0589 e. The van der Waals surface area contributed by atoms with E-state index in [1.54, 1.807) is 7.11 Å². The number of nitrogens with one attached hydrogen (secondary N) is 1. The molecule has 2 fully saturated rings. The zero-order chi connectivity index (χ0) is 9.80. The molecule has 0 saturated heterocycles. The molecule has 0 heterocycles. The van der Waals surface area contributed by atoms with Gasteiger partial charge < -0.3 is 10.1 Å². The Morgan fingerprint density at radius 1 is 1.21 bits per heavy atom. The van der Waals surface area contributed by atoms with Crippen LogP contribution in [0, 0.1) is 0 Å². The van der Waals surface area contributed by atoms with Gasteiger partial charge in [0.05, 0.1) is 6.61 Å². The summed E-state index contributed by atoms with van der Waals surface area (Å²) in [4.78, 5) is 2.57. The van der Waals surface area contributed by atoms with Gasteiger partial charge in [-0.2, -0.15) is 0 Å². The first-order valence-electron chi connectivity index (χ1n) is 5.86. The highest BCUT2D eigenvalue weighted by Crippen LogP contribution is 2.26. The third kappa shape index (κ3) is 3.56. The Hall–Kier alpha value is -0.120. The minimum Gasteiger partial charge on any atom is -0.383 e. The van der Waals surface area contributed by atoms with Crippen molar-refractivity contribution in [1.29, 1.82) is 0 Å². The molecule has 0 radical (unpaired) electrons. The van der Waals surface area contributed by atoms with Crippen LogP contribution in [-0.4, -0.2) is 50.3 Å². The van der Waals surface area contributed by atoms with Gasteiger partial charge in [-0.25, -0.2) is 0 Å².